The maximum atomic E-state index is 5.77. The predicted octanol–water partition coefficient (Wildman–Crippen LogP) is 4.44. The fourth-order valence-corrected chi connectivity index (χ4v) is 2.39. The van der Waals surface area contributed by atoms with Gasteiger partial charge in [0.1, 0.15) is 12.4 Å². The van der Waals surface area contributed by atoms with E-state index in [1.807, 2.05) is 39.0 Å². The van der Waals surface area contributed by atoms with Crippen molar-refractivity contribution in [3.05, 3.63) is 65.7 Å². The molecule has 0 bridgehead atoms. The molecule has 0 saturated carbocycles. The molecule has 2 aromatic carbocycles. The van der Waals surface area contributed by atoms with Gasteiger partial charge in [-0.1, -0.05) is 42.5 Å². The first-order valence-corrected chi connectivity index (χ1v) is 8.20. The van der Waals surface area contributed by atoms with Gasteiger partial charge in [0.15, 0.2) is 6.29 Å². The quantitative estimate of drug-likeness (QED) is 0.640. The molecule has 0 aliphatic rings. The zero-order valence-electron chi connectivity index (χ0n) is 14.2. The molecule has 124 valence electrons. The van der Waals surface area contributed by atoms with E-state index in [0.29, 0.717) is 13.2 Å². The lowest BCUT2D eigenvalue weighted by Crippen LogP contribution is -2.25. The Morgan fingerprint density at radius 2 is 1.52 bits per heavy atom. The third-order valence-electron chi connectivity index (χ3n) is 3.48. The molecule has 3 nitrogen and oxygen atoms in total. The maximum absolute atomic E-state index is 5.77. The van der Waals surface area contributed by atoms with Crippen molar-refractivity contribution in [2.45, 2.75) is 39.6 Å². The van der Waals surface area contributed by atoms with Crippen LogP contribution in [0.2, 0.25) is 0 Å². The van der Waals surface area contributed by atoms with Crippen molar-refractivity contribution in [1.29, 1.82) is 0 Å². The molecule has 23 heavy (non-hydrogen) atoms. The molecule has 2 rings (SSSR count). The first-order valence-electron chi connectivity index (χ1n) is 8.20. The van der Waals surface area contributed by atoms with Crippen LogP contribution in [-0.2, 0) is 15.9 Å². The van der Waals surface area contributed by atoms with E-state index in [4.69, 9.17) is 14.2 Å². The number of hydrogen-bond acceptors (Lipinski definition) is 3. The van der Waals surface area contributed by atoms with Crippen molar-refractivity contribution in [2.75, 3.05) is 13.2 Å². The highest BCUT2D eigenvalue weighted by atomic mass is 16.7. The highest BCUT2D eigenvalue weighted by Gasteiger charge is 2.09. The van der Waals surface area contributed by atoms with Gasteiger partial charge in [-0.25, -0.2) is 0 Å². The molecular weight excluding hydrogens is 288 g/mol. The standard InChI is InChI=1S/C20H26O3/c1-4-21-17(3)23-16(2)15-22-20-12-10-19(11-13-20)14-18-8-6-5-7-9-18/h5-13,16-17H,4,14-15H2,1-3H3. The van der Waals surface area contributed by atoms with E-state index in [1.165, 1.54) is 11.1 Å². The van der Waals surface area contributed by atoms with Crippen LogP contribution in [0.5, 0.6) is 5.75 Å². The summed E-state index contributed by atoms with van der Waals surface area (Å²) in [6.07, 6.45) is 0.722. The molecule has 0 aliphatic heterocycles. The van der Waals surface area contributed by atoms with Gasteiger partial charge < -0.3 is 14.2 Å². The molecule has 0 N–H and O–H groups in total. The first kappa shape index (κ1) is 17.5. The van der Waals surface area contributed by atoms with E-state index in [9.17, 15) is 0 Å². The molecule has 0 saturated heterocycles. The Bertz CT molecular complexity index is 551. The van der Waals surface area contributed by atoms with Gasteiger partial charge in [0, 0.05) is 6.61 Å². The van der Waals surface area contributed by atoms with Crippen molar-refractivity contribution in [3.63, 3.8) is 0 Å². The number of ether oxygens (including phenoxy) is 3. The minimum Gasteiger partial charge on any atom is -0.491 e. The van der Waals surface area contributed by atoms with Crippen LogP contribution in [-0.4, -0.2) is 25.6 Å². The summed E-state index contributed by atoms with van der Waals surface area (Å²) >= 11 is 0. The molecule has 0 aromatic heterocycles. The lowest BCUT2D eigenvalue weighted by atomic mass is 10.1. The molecule has 2 aromatic rings. The highest BCUT2D eigenvalue weighted by Crippen LogP contribution is 2.16. The zero-order chi connectivity index (χ0) is 16.5. The van der Waals surface area contributed by atoms with Crippen molar-refractivity contribution in [2.24, 2.45) is 0 Å². The second-order valence-corrected chi connectivity index (χ2v) is 5.59. The van der Waals surface area contributed by atoms with Gasteiger partial charge >= 0.3 is 0 Å². The topological polar surface area (TPSA) is 27.7 Å². The van der Waals surface area contributed by atoms with Crippen LogP contribution >= 0.6 is 0 Å². The molecule has 0 amide bonds. The molecule has 0 spiro atoms. The summed E-state index contributed by atoms with van der Waals surface area (Å²) in [5.74, 6) is 0.862. The largest absolute Gasteiger partial charge is 0.491 e. The fraction of sp³-hybridized carbons (Fsp3) is 0.400. The Labute approximate surface area is 139 Å². The van der Waals surface area contributed by atoms with Crippen LogP contribution in [0.25, 0.3) is 0 Å². The summed E-state index contributed by atoms with van der Waals surface area (Å²) < 4.78 is 16.8. The highest BCUT2D eigenvalue weighted by molar-refractivity contribution is 5.31. The monoisotopic (exact) mass is 314 g/mol. The van der Waals surface area contributed by atoms with E-state index in [-0.39, 0.29) is 12.4 Å². The second kappa shape index (κ2) is 9.33. The van der Waals surface area contributed by atoms with Crippen LogP contribution in [0, 0.1) is 0 Å². The number of hydrogen-bond donors (Lipinski definition) is 0. The molecule has 0 aliphatic carbocycles. The molecule has 3 heteroatoms. The molecule has 0 fully saturated rings. The van der Waals surface area contributed by atoms with Gasteiger partial charge in [-0.05, 0) is 50.5 Å². The first-order chi connectivity index (χ1) is 11.2. The Hall–Kier alpha value is -1.84. The third-order valence-corrected chi connectivity index (χ3v) is 3.48. The Kier molecular flexibility index (Phi) is 7.11. The van der Waals surface area contributed by atoms with E-state index in [1.54, 1.807) is 0 Å². The van der Waals surface area contributed by atoms with Crippen molar-refractivity contribution >= 4 is 0 Å². The summed E-state index contributed by atoms with van der Waals surface area (Å²) in [5, 5.41) is 0. The zero-order valence-corrected chi connectivity index (χ0v) is 14.2. The average Bonchev–Trinajstić information content (AvgIpc) is 2.55. The van der Waals surface area contributed by atoms with E-state index in [2.05, 4.69) is 36.4 Å². The molecule has 0 heterocycles. The van der Waals surface area contributed by atoms with Crippen LogP contribution < -0.4 is 4.74 Å². The molecular formula is C20H26O3. The minimum atomic E-state index is -0.202. The van der Waals surface area contributed by atoms with E-state index < -0.39 is 0 Å². The Morgan fingerprint density at radius 1 is 0.870 bits per heavy atom. The van der Waals surface area contributed by atoms with Gasteiger partial charge in [-0.3, -0.25) is 0 Å². The van der Waals surface area contributed by atoms with Crippen LogP contribution in [0.1, 0.15) is 31.9 Å². The van der Waals surface area contributed by atoms with Crippen molar-refractivity contribution in [1.82, 2.24) is 0 Å². The fourth-order valence-electron chi connectivity index (χ4n) is 2.39. The van der Waals surface area contributed by atoms with E-state index in [0.717, 1.165) is 12.2 Å². The molecule has 2 unspecified atom stereocenters. The lowest BCUT2D eigenvalue weighted by molar-refractivity contribution is -0.158. The maximum Gasteiger partial charge on any atom is 0.155 e. The van der Waals surface area contributed by atoms with Crippen molar-refractivity contribution in [3.8, 4) is 5.75 Å². The van der Waals surface area contributed by atoms with Gasteiger partial charge in [0.05, 0.1) is 6.10 Å². The third kappa shape index (κ3) is 6.43. The normalized spacial score (nSPS) is 13.5. The average molecular weight is 314 g/mol. The molecule has 0 radical (unpaired) electrons. The Morgan fingerprint density at radius 3 is 2.17 bits per heavy atom. The summed E-state index contributed by atoms with van der Waals surface area (Å²) in [6.45, 7) is 7.00. The SMILES string of the molecule is CCOC(C)OC(C)COc1ccc(Cc2ccccc2)cc1. The van der Waals surface area contributed by atoms with Gasteiger partial charge in [-0.15, -0.1) is 0 Å². The number of rotatable bonds is 9. The summed E-state index contributed by atoms with van der Waals surface area (Å²) in [4.78, 5) is 0. The van der Waals surface area contributed by atoms with Gasteiger partial charge in [0.25, 0.3) is 0 Å². The second-order valence-electron chi connectivity index (χ2n) is 5.59. The Balaban J connectivity index is 1.78. The number of benzene rings is 2. The summed E-state index contributed by atoms with van der Waals surface area (Å²) in [7, 11) is 0. The lowest BCUT2D eigenvalue weighted by Gasteiger charge is -2.19. The van der Waals surface area contributed by atoms with Crippen LogP contribution in [0.3, 0.4) is 0 Å². The van der Waals surface area contributed by atoms with Gasteiger partial charge in [0.2, 0.25) is 0 Å². The summed E-state index contributed by atoms with van der Waals surface area (Å²) in [5.41, 5.74) is 2.59. The van der Waals surface area contributed by atoms with Crippen molar-refractivity contribution < 1.29 is 14.2 Å². The van der Waals surface area contributed by atoms with E-state index >= 15 is 0 Å². The predicted molar refractivity (Wildman–Crippen MR) is 92.8 cm³/mol. The smallest absolute Gasteiger partial charge is 0.155 e. The van der Waals surface area contributed by atoms with Crippen LogP contribution in [0.4, 0.5) is 0 Å². The van der Waals surface area contributed by atoms with Gasteiger partial charge in [-0.2, -0.15) is 0 Å². The van der Waals surface area contributed by atoms with Crippen LogP contribution in [0.15, 0.2) is 54.6 Å². The molecule has 2 atom stereocenters. The minimum absolute atomic E-state index is 0.0134. The summed E-state index contributed by atoms with van der Waals surface area (Å²) in [6, 6.07) is 18.7.